The third kappa shape index (κ3) is 10.1. The van der Waals surface area contributed by atoms with Crippen LogP contribution in [0.3, 0.4) is 0 Å². The Morgan fingerprint density at radius 1 is 0.512 bits per heavy atom. The molecule has 0 aliphatic rings. The molecule has 0 aromatic heterocycles. The Balaban J connectivity index is 2.58. The molecule has 0 fully saturated rings. The fourth-order valence-electron chi connectivity index (χ4n) is 3.89. The standard InChI is InChI=1S/2C14H24N2O2Si2.Zr/c2*1-19(2,3)15-13(17)11-9-7-8-10-12(11)14(18)16-20(4,5)6;/h2*7-10H,1-6H3,(H2,15,16,17,18);/q;;+2/p-2. The first-order valence-electron chi connectivity index (χ1n) is 13.8. The van der Waals surface area contributed by atoms with Gasteiger partial charge in [-0.3, -0.25) is 0 Å². The summed E-state index contributed by atoms with van der Waals surface area (Å²) in [6.07, 6.45) is 0. The Bertz CT molecular complexity index is 1210. The van der Waals surface area contributed by atoms with Crippen molar-refractivity contribution in [3.05, 3.63) is 70.8 Å². The molecule has 8 nitrogen and oxygen atoms in total. The molecule has 0 aliphatic carbocycles. The topological polar surface area (TPSA) is 98.8 Å². The number of nitrogens with zero attached hydrogens (tertiary/aromatic N) is 2. The van der Waals surface area contributed by atoms with Gasteiger partial charge in [-0.05, 0) is 0 Å². The average molecular weight is 706 g/mol. The number of amides is 4. The number of benzene rings is 2. The van der Waals surface area contributed by atoms with Gasteiger partial charge in [0.05, 0.1) is 0 Å². The zero-order chi connectivity index (χ0) is 31.6. The van der Waals surface area contributed by atoms with Gasteiger partial charge in [0.25, 0.3) is 0 Å². The molecule has 13 heteroatoms. The first-order valence-corrected chi connectivity index (χ1v) is 29.9. The zero-order valence-corrected chi connectivity index (χ0v) is 33.1. The Labute approximate surface area is 262 Å². The van der Waals surface area contributed by atoms with Gasteiger partial charge in [-0.25, -0.2) is 0 Å². The average Bonchev–Trinajstić information content (AvgIpc) is 2.80. The van der Waals surface area contributed by atoms with Crippen LogP contribution >= 0.6 is 0 Å². The van der Waals surface area contributed by atoms with Crippen molar-refractivity contribution in [1.82, 2.24) is 15.0 Å². The van der Waals surface area contributed by atoms with E-state index >= 15 is 0 Å². The number of nitrogens with one attached hydrogen (secondary N) is 2. The first-order chi connectivity index (χ1) is 18.5. The summed E-state index contributed by atoms with van der Waals surface area (Å²) in [5.41, 5.74) is 1.46. The predicted octanol–water partition coefficient (Wildman–Crippen LogP) is 5.98. The summed E-state index contributed by atoms with van der Waals surface area (Å²) in [6, 6.07) is 13.9. The van der Waals surface area contributed by atoms with Gasteiger partial charge in [-0.15, -0.1) is 0 Å². The minimum atomic E-state index is -2.30. The van der Waals surface area contributed by atoms with E-state index in [1.165, 1.54) is 0 Å². The third-order valence-electron chi connectivity index (χ3n) is 5.73. The van der Waals surface area contributed by atoms with Crippen molar-refractivity contribution >= 4 is 56.6 Å². The molecule has 2 aromatic rings. The molecule has 222 valence electrons. The van der Waals surface area contributed by atoms with E-state index in [1.807, 2.05) is 44.3 Å². The van der Waals surface area contributed by atoms with Crippen molar-refractivity contribution in [2.24, 2.45) is 0 Å². The van der Waals surface area contributed by atoms with Crippen molar-refractivity contribution < 1.29 is 43.0 Å². The van der Waals surface area contributed by atoms with Crippen LogP contribution < -0.4 is 9.96 Å². The van der Waals surface area contributed by atoms with E-state index in [2.05, 4.69) is 49.2 Å². The van der Waals surface area contributed by atoms with Crippen LogP contribution in [0.2, 0.25) is 78.6 Å². The SMILES string of the molecule is C[Si](C)(C)NC(=O)c1ccccc1C(=O)[N]([Zr][N](C(=O)c1ccccc1C(=O)N[Si](C)(C)C)[Si](C)(C)C)[Si](C)(C)C. The van der Waals surface area contributed by atoms with Crippen molar-refractivity contribution in [2.45, 2.75) is 78.6 Å². The predicted molar refractivity (Wildman–Crippen MR) is 174 cm³/mol. The van der Waals surface area contributed by atoms with Crippen molar-refractivity contribution in [2.75, 3.05) is 0 Å². The van der Waals surface area contributed by atoms with Crippen LogP contribution in [0.25, 0.3) is 0 Å². The van der Waals surface area contributed by atoms with Crippen LogP contribution in [0.4, 0.5) is 0 Å². The molecule has 2 aromatic carbocycles. The van der Waals surface area contributed by atoms with Crippen molar-refractivity contribution in [3.63, 3.8) is 0 Å². The van der Waals surface area contributed by atoms with E-state index in [1.54, 1.807) is 48.5 Å². The molecule has 0 unspecified atom stereocenters. The minimum absolute atomic E-state index is 0.196. The van der Waals surface area contributed by atoms with E-state index in [0.717, 1.165) is 0 Å². The van der Waals surface area contributed by atoms with E-state index in [4.69, 9.17) is 0 Å². The molecule has 0 saturated heterocycles. The molecular weight excluding hydrogens is 660 g/mol. The van der Waals surface area contributed by atoms with Gasteiger partial charge in [0.2, 0.25) is 0 Å². The van der Waals surface area contributed by atoms with Crippen LogP contribution in [0.15, 0.2) is 48.5 Å². The van der Waals surface area contributed by atoms with E-state index < -0.39 is 56.8 Å². The van der Waals surface area contributed by atoms with Crippen LogP contribution in [-0.2, 0) is 23.8 Å². The summed E-state index contributed by atoms with van der Waals surface area (Å²) >= 11 is -2.04. The Hall–Kier alpha value is -1.93. The zero-order valence-electron chi connectivity index (χ0n) is 26.6. The summed E-state index contributed by atoms with van der Waals surface area (Å²) in [7, 11) is -8.48. The van der Waals surface area contributed by atoms with Crippen LogP contribution in [0, 0.1) is 0 Å². The van der Waals surface area contributed by atoms with Crippen LogP contribution in [0.1, 0.15) is 41.4 Å². The summed E-state index contributed by atoms with van der Waals surface area (Å²) < 4.78 is 3.91. The molecule has 41 heavy (non-hydrogen) atoms. The summed E-state index contributed by atoms with van der Waals surface area (Å²) in [5, 5.41) is 0. The monoisotopic (exact) mass is 704 g/mol. The third-order valence-corrected chi connectivity index (χ3v) is 23.8. The van der Waals surface area contributed by atoms with Crippen LogP contribution in [0.5, 0.6) is 0 Å². The molecule has 0 spiro atoms. The summed E-state index contributed by atoms with van der Waals surface area (Å²) in [5.74, 6) is -0.875. The second-order valence-electron chi connectivity index (χ2n) is 14.2. The number of carbonyl (C=O) groups excluding carboxylic acids is 4. The Morgan fingerprint density at radius 2 is 0.780 bits per heavy atom. The van der Waals surface area contributed by atoms with E-state index in [9.17, 15) is 19.2 Å². The molecule has 0 saturated carbocycles. The quantitative estimate of drug-likeness (QED) is 0.297. The van der Waals surface area contributed by atoms with E-state index in [-0.39, 0.29) is 23.6 Å². The Kier molecular flexibility index (Phi) is 11.3. The molecular formula is C28H46N4O4Si4Zr. The molecule has 0 atom stereocenters. The van der Waals surface area contributed by atoms with Gasteiger partial charge in [0.1, 0.15) is 0 Å². The molecule has 0 radical (unpaired) electrons. The van der Waals surface area contributed by atoms with Crippen molar-refractivity contribution in [3.8, 4) is 0 Å². The van der Waals surface area contributed by atoms with Gasteiger partial charge < -0.3 is 0 Å². The summed E-state index contributed by atoms with van der Waals surface area (Å²) in [6.45, 7) is 24.8. The number of rotatable bonds is 10. The van der Waals surface area contributed by atoms with Gasteiger partial charge in [0, 0.05) is 0 Å². The second-order valence-corrected chi connectivity index (χ2v) is 38.2. The molecule has 0 heterocycles. The first kappa shape index (κ1) is 35.3. The second kappa shape index (κ2) is 13.2. The van der Waals surface area contributed by atoms with Gasteiger partial charge in [-0.2, -0.15) is 0 Å². The number of hydrogen-bond donors (Lipinski definition) is 2. The fourth-order valence-corrected chi connectivity index (χ4v) is 15.3. The fraction of sp³-hybridized carbons (Fsp3) is 0.429. The molecule has 0 bridgehead atoms. The molecule has 0 aliphatic heterocycles. The van der Waals surface area contributed by atoms with Gasteiger partial charge in [0.15, 0.2) is 0 Å². The number of carbonyl (C=O) groups is 4. The molecule has 2 N–H and O–H groups in total. The molecule has 2 rings (SSSR count). The Morgan fingerprint density at radius 3 is 1.02 bits per heavy atom. The summed E-state index contributed by atoms with van der Waals surface area (Å²) in [4.78, 5) is 61.2. The molecule has 4 amide bonds. The van der Waals surface area contributed by atoms with Gasteiger partial charge >= 0.3 is 264 Å². The normalized spacial score (nSPS) is 12.3. The van der Waals surface area contributed by atoms with Gasteiger partial charge in [-0.1, -0.05) is 0 Å². The van der Waals surface area contributed by atoms with Crippen molar-refractivity contribution in [1.29, 1.82) is 0 Å². The number of hydrogen-bond acceptors (Lipinski definition) is 4. The van der Waals surface area contributed by atoms with E-state index in [0.29, 0.717) is 22.3 Å². The maximum absolute atomic E-state index is 14.3. The maximum atomic E-state index is 14.3. The van der Waals surface area contributed by atoms with Crippen LogP contribution in [-0.4, -0.2) is 61.6 Å².